The number of carboxylic acids is 1. The maximum atomic E-state index is 12.8. The van der Waals surface area contributed by atoms with E-state index in [2.05, 4.69) is 10.3 Å². The minimum absolute atomic E-state index is 0.0731. The van der Waals surface area contributed by atoms with Gasteiger partial charge in [-0.05, 0) is 81.8 Å². The molecular formula is C22H31IN4O7. The van der Waals surface area contributed by atoms with Gasteiger partial charge in [0.15, 0.2) is 0 Å². The van der Waals surface area contributed by atoms with Crippen LogP contribution in [0, 0.1) is 3.57 Å². The Balaban J connectivity index is 3.12. The van der Waals surface area contributed by atoms with Crippen LogP contribution in [-0.4, -0.2) is 51.2 Å². The van der Waals surface area contributed by atoms with Crippen molar-refractivity contribution in [3.63, 3.8) is 0 Å². The molecule has 34 heavy (non-hydrogen) atoms. The molecule has 0 aromatic heterocycles. The number of aliphatic imine (C=N–C) groups is 1. The third-order valence-electron chi connectivity index (χ3n) is 3.70. The summed E-state index contributed by atoms with van der Waals surface area (Å²) in [7, 11) is 0. The predicted molar refractivity (Wildman–Crippen MR) is 134 cm³/mol. The van der Waals surface area contributed by atoms with Crippen molar-refractivity contribution in [3.8, 4) is 0 Å². The molecule has 0 spiro atoms. The van der Waals surface area contributed by atoms with E-state index in [4.69, 9.17) is 20.3 Å². The summed E-state index contributed by atoms with van der Waals surface area (Å²) in [4.78, 5) is 52.1. The van der Waals surface area contributed by atoms with Gasteiger partial charge in [-0.15, -0.1) is 4.99 Å². The second-order valence-electron chi connectivity index (χ2n) is 9.27. The smallest absolute Gasteiger partial charge is 0.437 e. The van der Waals surface area contributed by atoms with Gasteiger partial charge in [0.25, 0.3) is 0 Å². The Kier molecular flexibility index (Phi) is 10.3. The van der Waals surface area contributed by atoms with Gasteiger partial charge in [0.2, 0.25) is 11.9 Å². The van der Waals surface area contributed by atoms with Crippen molar-refractivity contribution in [2.24, 2.45) is 10.7 Å². The number of carbonyl (C=O) groups is 4. The molecule has 1 aromatic rings. The first-order valence-corrected chi connectivity index (χ1v) is 11.4. The van der Waals surface area contributed by atoms with Gasteiger partial charge in [0, 0.05) is 9.99 Å². The van der Waals surface area contributed by atoms with E-state index in [-0.39, 0.29) is 19.4 Å². The van der Waals surface area contributed by atoms with Crippen LogP contribution < -0.4 is 11.1 Å². The number of hydrogen-bond donors (Lipinski definition) is 3. The zero-order valence-electron chi connectivity index (χ0n) is 20.1. The van der Waals surface area contributed by atoms with E-state index < -0.39 is 41.2 Å². The summed E-state index contributed by atoms with van der Waals surface area (Å²) in [6.07, 6.45) is -2.19. The number of ether oxygens (including phenoxy) is 2. The largest absolute Gasteiger partial charge is 0.481 e. The number of anilines is 1. The van der Waals surface area contributed by atoms with Crippen LogP contribution in [0.5, 0.6) is 0 Å². The molecule has 0 radical (unpaired) electrons. The van der Waals surface area contributed by atoms with Gasteiger partial charge in [0.1, 0.15) is 11.2 Å². The molecule has 0 bridgehead atoms. The first-order chi connectivity index (χ1) is 15.5. The number of rotatable bonds is 6. The van der Waals surface area contributed by atoms with Gasteiger partial charge in [-0.3, -0.25) is 9.59 Å². The lowest BCUT2D eigenvalue weighted by Gasteiger charge is -2.27. The molecule has 12 heteroatoms. The van der Waals surface area contributed by atoms with Crippen molar-refractivity contribution in [1.29, 1.82) is 0 Å². The van der Waals surface area contributed by atoms with Crippen LogP contribution in [-0.2, 0) is 25.6 Å². The molecule has 0 fully saturated rings. The number of guanidine groups is 1. The van der Waals surface area contributed by atoms with Crippen LogP contribution in [0.15, 0.2) is 23.2 Å². The van der Waals surface area contributed by atoms with Gasteiger partial charge in [-0.25, -0.2) is 14.5 Å². The van der Waals surface area contributed by atoms with Gasteiger partial charge in [0.05, 0.1) is 18.7 Å². The number of aliphatic carboxylic acids is 1. The van der Waals surface area contributed by atoms with Gasteiger partial charge < -0.3 is 25.6 Å². The molecule has 0 unspecified atom stereocenters. The zero-order chi connectivity index (χ0) is 26.3. The second kappa shape index (κ2) is 12.0. The molecule has 0 aliphatic rings. The number of nitrogens with zero attached hydrogens (tertiary/aromatic N) is 2. The van der Waals surface area contributed by atoms with Gasteiger partial charge in [-0.2, -0.15) is 0 Å². The predicted octanol–water partition coefficient (Wildman–Crippen LogP) is 4.08. The summed E-state index contributed by atoms with van der Waals surface area (Å²) in [6, 6.07) is 4.96. The van der Waals surface area contributed by atoms with Crippen molar-refractivity contribution in [2.45, 2.75) is 72.1 Å². The fourth-order valence-electron chi connectivity index (χ4n) is 2.37. The van der Waals surface area contributed by atoms with Crippen molar-refractivity contribution >= 4 is 58.3 Å². The molecule has 188 valence electrons. The molecule has 0 heterocycles. The molecule has 0 saturated heterocycles. The molecule has 0 aliphatic heterocycles. The van der Waals surface area contributed by atoms with E-state index >= 15 is 0 Å². The highest BCUT2D eigenvalue weighted by molar-refractivity contribution is 14.1. The standard InChI is InChI=1S/C22H31IN4O7/c1-21(2,3)33-19(31)26-18(24)27(20(32)34-22(4,5)6)12-13-7-8-15(14(23)11-13)25-16(28)9-10-17(29)30/h7-8,11H,9-10,12H2,1-6H3,(H,25,28)(H,29,30)(H2,24,26,31). The maximum Gasteiger partial charge on any atom is 0.437 e. The third kappa shape index (κ3) is 11.3. The fourth-order valence-corrected chi connectivity index (χ4v) is 3.08. The number of halogens is 1. The zero-order valence-corrected chi connectivity index (χ0v) is 22.3. The Morgan fingerprint density at radius 3 is 2.15 bits per heavy atom. The SMILES string of the molecule is CC(C)(C)OC(=O)N=C(N)N(Cc1ccc(NC(=O)CCC(=O)O)c(I)c1)C(=O)OC(C)(C)C. The van der Waals surface area contributed by atoms with Crippen LogP contribution in [0.25, 0.3) is 0 Å². The highest BCUT2D eigenvalue weighted by Gasteiger charge is 2.26. The number of benzene rings is 1. The molecule has 1 aromatic carbocycles. The summed E-state index contributed by atoms with van der Waals surface area (Å²) in [6.45, 7) is 10.0. The van der Waals surface area contributed by atoms with E-state index in [9.17, 15) is 19.2 Å². The summed E-state index contributed by atoms with van der Waals surface area (Å²) >= 11 is 2.00. The van der Waals surface area contributed by atoms with Crippen LogP contribution in [0.4, 0.5) is 15.3 Å². The molecule has 1 rings (SSSR count). The first-order valence-electron chi connectivity index (χ1n) is 10.3. The Bertz CT molecular complexity index is 965. The lowest BCUT2D eigenvalue weighted by Crippen LogP contribution is -2.44. The third-order valence-corrected chi connectivity index (χ3v) is 4.60. The van der Waals surface area contributed by atoms with E-state index in [0.29, 0.717) is 14.8 Å². The summed E-state index contributed by atoms with van der Waals surface area (Å²) in [5, 5.41) is 11.3. The van der Waals surface area contributed by atoms with Crippen molar-refractivity contribution in [1.82, 2.24) is 4.90 Å². The molecule has 0 saturated carbocycles. The molecular weight excluding hydrogens is 559 g/mol. The maximum absolute atomic E-state index is 12.8. The monoisotopic (exact) mass is 590 g/mol. The summed E-state index contributed by atoms with van der Waals surface area (Å²) in [5.74, 6) is -1.89. The van der Waals surface area contributed by atoms with Crippen LogP contribution >= 0.6 is 22.6 Å². The number of carboxylic acid groups (broad SMARTS) is 1. The van der Waals surface area contributed by atoms with E-state index in [1.54, 1.807) is 59.7 Å². The second-order valence-corrected chi connectivity index (χ2v) is 10.4. The lowest BCUT2D eigenvalue weighted by molar-refractivity contribution is -0.138. The Morgan fingerprint density at radius 1 is 1.06 bits per heavy atom. The van der Waals surface area contributed by atoms with Crippen LogP contribution in [0.3, 0.4) is 0 Å². The molecule has 0 atom stereocenters. The van der Waals surface area contributed by atoms with E-state index in [0.717, 1.165) is 4.90 Å². The topological polar surface area (TPSA) is 161 Å². The molecule has 4 N–H and O–H groups in total. The van der Waals surface area contributed by atoms with Crippen LogP contribution in [0.1, 0.15) is 59.9 Å². The van der Waals surface area contributed by atoms with Crippen molar-refractivity contribution in [3.05, 3.63) is 27.3 Å². The summed E-state index contributed by atoms with van der Waals surface area (Å²) in [5.41, 5.74) is 5.45. The van der Waals surface area contributed by atoms with Crippen molar-refractivity contribution in [2.75, 3.05) is 5.32 Å². The molecule has 0 aliphatic carbocycles. The fraction of sp³-hybridized carbons (Fsp3) is 0.500. The van der Waals surface area contributed by atoms with E-state index in [1.807, 2.05) is 22.6 Å². The Labute approximate surface area is 212 Å². The average molecular weight is 590 g/mol. The number of nitrogens with two attached hydrogens (primary N) is 1. The lowest BCUT2D eigenvalue weighted by atomic mass is 10.2. The average Bonchev–Trinajstić information content (AvgIpc) is 2.63. The van der Waals surface area contributed by atoms with Crippen molar-refractivity contribution < 1.29 is 33.8 Å². The molecule has 3 amide bonds. The number of nitrogens with one attached hydrogen (secondary N) is 1. The Hall–Kier alpha value is -2.90. The Morgan fingerprint density at radius 2 is 1.65 bits per heavy atom. The minimum Gasteiger partial charge on any atom is -0.481 e. The van der Waals surface area contributed by atoms with Crippen LogP contribution in [0.2, 0.25) is 0 Å². The number of amides is 3. The molecule has 11 nitrogen and oxygen atoms in total. The van der Waals surface area contributed by atoms with Gasteiger partial charge in [-0.1, -0.05) is 6.07 Å². The quantitative estimate of drug-likeness (QED) is 0.254. The first kappa shape index (κ1) is 29.1. The summed E-state index contributed by atoms with van der Waals surface area (Å²) < 4.78 is 11.2. The number of hydrogen-bond acceptors (Lipinski definition) is 6. The number of carbonyl (C=O) groups excluding carboxylic acids is 3. The normalized spacial score (nSPS) is 12.0. The highest BCUT2D eigenvalue weighted by Crippen LogP contribution is 2.22. The van der Waals surface area contributed by atoms with E-state index in [1.165, 1.54) is 0 Å². The van der Waals surface area contributed by atoms with Gasteiger partial charge >= 0.3 is 18.2 Å². The minimum atomic E-state index is -1.06. The highest BCUT2D eigenvalue weighted by atomic mass is 127.